The van der Waals surface area contributed by atoms with Gasteiger partial charge in [0.1, 0.15) is 0 Å². The zero-order valence-corrected chi connectivity index (χ0v) is 13.6. The van der Waals surface area contributed by atoms with Gasteiger partial charge in [-0.05, 0) is 29.7 Å². The standard InChI is InChI=1S/C19H23N3O2/c20-14-16-7-9-17(10-8-16)19(24)22-12-4-11-21-18(23)13-15-5-2-1-3-6-15/h1-3,5-10H,4,11-14,20H2,(H,21,23)(H,22,24). The lowest BCUT2D eigenvalue weighted by Crippen LogP contribution is -2.30. The minimum Gasteiger partial charge on any atom is -0.356 e. The molecular formula is C19H23N3O2. The Morgan fingerprint density at radius 3 is 2.17 bits per heavy atom. The predicted octanol–water partition coefficient (Wildman–Crippen LogP) is 1.62. The molecule has 0 heterocycles. The predicted molar refractivity (Wildman–Crippen MR) is 94.4 cm³/mol. The maximum atomic E-state index is 12.0. The summed E-state index contributed by atoms with van der Waals surface area (Å²) in [5, 5.41) is 5.69. The molecule has 2 aromatic carbocycles. The van der Waals surface area contributed by atoms with Crippen LogP contribution in [-0.4, -0.2) is 24.9 Å². The number of hydrogen-bond donors (Lipinski definition) is 3. The van der Waals surface area contributed by atoms with E-state index in [4.69, 9.17) is 5.73 Å². The van der Waals surface area contributed by atoms with Crippen LogP contribution in [0.25, 0.3) is 0 Å². The third kappa shape index (κ3) is 5.85. The van der Waals surface area contributed by atoms with Gasteiger partial charge in [0, 0.05) is 25.2 Å². The second kappa shape index (κ2) is 9.47. The minimum atomic E-state index is -0.116. The number of amides is 2. The largest absolute Gasteiger partial charge is 0.356 e. The first-order chi connectivity index (χ1) is 11.7. The maximum Gasteiger partial charge on any atom is 0.251 e. The highest BCUT2D eigenvalue weighted by atomic mass is 16.2. The molecule has 0 radical (unpaired) electrons. The molecule has 2 rings (SSSR count). The fraction of sp³-hybridized carbons (Fsp3) is 0.263. The maximum absolute atomic E-state index is 12.0. The van der Waals surface area contributed by atoms with Crippen molar-refractivity contribution in [2.75, 3.05) is 13.1 Å². The fourth-order valence-electron chi connectivity index (χ4n) is 2.26. The Morgan fingerprint density at radius 1 is 0.833 bits per heavy atom. The van der Waals surface area contributed by atoms with Gasteiger partial charge in [-0.2, -0.15) is 0 Å². The van der Waals surface area contributed by atoms with Gasteiger partial charge < -0.3 is 16.4 Å². The van der Waals surface area contributed by atoms with E-state index in [-0.39, 0.29) is 11.8 Å². The Morgan fingerprint density at radius 2 is 1.50 bits per heavy atom. The molecule has 2 aromatic rings. The second-order valence-corrected chi connectivity index (χ2v) is 5.52. The van der Waals surface area contributed by atoms with E-state index in [2.05, 4.69) is 10.6 Å². The van der Waals surface area contributed by atoms with Crippen LogP contribution in [-0.2, 0) is 17.8 Å². The molecule has 0 bridgehead atoms. The van der Waals surface area contributed by atoms with E-state index in [1.165, 1.54) is 0 Å². The molecule has 126 valence electrons. The number of hydrogen-bond acceptors (Lipinski definition) is 3. The first-order valence-electron chi connectivity index (χ1n) is 8.07. The van der Waals surface area contributed by atoms with Crippen LogP contribution in [0.4, 0.5) is 0 Å². The van der Waals surface area contributed by atoms with Gasteiger partial charge >= 0.3 is 0 Å². The van der Waals surface area contributed by atoms with Crippen LogP contribution in [0.3, 0.4) is 0 Å². The van der Waals surface area contributed by atoms with E-state index in [0.29, 0.717) is 38.0 Å². The van der Waals surface area contributed by atoms with Crippen LogP contribution in [0.1, 0.15) is 27.9 Å². The summed E-state index contributed by atoms with van der Waals surface area (Å²) in [7, 11) is 0. The van der Waals surface area contributed by atoms with Gasteiger partial charge in [-0.15, -0.1) is 0 Å². The molecule has 0 aliphatic rings. The average Bonchev–Trinajstić information content (AvgIpc) is 2.62. The highest BCUT2D eigenvalue weighted by molar-refractivity contribution is 5.94. The van der Waals surface area contributed by atoms with Gasteiger partial charge in [0.25, 0.3) is 5.91 Å². The summed E-state index contributed by atoms with van der Waals surface area (Å²) in [4.78, 5) is 23.7. The van der Waals surface area contributed by atoms with Crippen molar-refractivity contribution >= 4 is 11.8 Å². The molecule has 2 amide bonds. The summed E-state index contributed by atoms with van der Waals surface area (Å²) in [6.45, 7) is 1.52. The lowest BCUT2D eigenvalue weighted by Gasteiger charge is -2.07. The molecule has 0 spiro atoms. The summed E-state index contributed by atoms with van der Waals surface area (Å²) in [6, 6.07) is 16.8. The Kier molecular flexibility index (Phi) is 6.98. The van der Waals surface area contributed by atoms with Gasteiger partial charge in [0.2, 0.25) is 5.91 Å². The number of nitrogens with one attached hydrogen (secondary N) is 2. The number of benzene rings is 2. The van der Waals surface area contributed by atoms with E-state index in [1.54, 1.807) is 12.1 Å². The molecular weight excluding hydrogens is 302 g/mol. The van der Waals surface area contributed by atoms with Crippen molar-refractivity contribution in [2.45, 2.75) is 19.4 Å². The van der Waals surface area contributed by atoms with Gasteiger partial charge in [0.15, 0.2) is 0 Å². The molecule has 0 aliphatic carbocycles. The first-order valence-corrected chi connectivity index (χ1v) is 8.07. The smallest absolute Gasteiger partial charge is 0.251 e. The van der Waals surface area contributed by atoms with Gasteiger partial charge in [-0.3, -0.25) is 9.59 Å². The fourth-order valence-corrected chi connectivity index (χ4v) is 2.26. The van der Waals surface area contributed by atoms with Crippen LogP contribution < -0.4 is 16.4 Å². The van der Waals surface area contributed by atoms with Crippen LogP contribution >= 0.6 is 0 Å². The van der Waals surface area contributed by atoms with E-state index in [1.807, 2.05) is 42.5 Å². The average molecular weight is 325 g/mol. The lowest BCUT2D eigenvalue weighted by molar-refractivity contribution is -0.120. The van der Waals surface area contributed by atoms with Gasteiger partial charge in [-0.1, -0.05) is 42.5 Å². The number of carbonyl (C=O) groups excluding carboxylic acids is 2. The third-order valence-corrected chi connectivity index (χ3v) is 3.62. The zero-order valence-electron chi connectivity index (χ0n) is 13.6. The minimum absolute atomic E-state index is 0.00935. The molecule has 0 saturated carbocycles. The van der Waals surface area contributed by atoms with Crippen LogP contribution in [0, 0.1) is 0 Å². The van der Waals surface area contributed by atoms with Crippen molar-refractivity contribution in [2.24, 2.45) is 5.73 Å². The Labute approximate surface area is 142 Å². The highest BCUT2D eigenvalue weighted by Gasteiger charge is 2.05. The van der Waals surface area contributed by atoms with E-state index in [9.17, 15) is 9.59 Å². The summed E-state index contributed by atoms with van der Waals surface area (Å²) >= 11 is 0. The monoisotopic (exact) mass is 325 g/mol. The normalized spacial score (nSPS) is 10.2. The van der Waals surface area contributed by atoms with E-state index < -0.39 is 0 Å². The van der Waals surface area contributed by atoms with Gasteiger partial charge in [-0.25, -0.2) is 0 Å². The molecule has 0 fully saturated rings. The highest BCUT2D eigenvalue weighted by Crippen LogP contribution is 2.03. The number of nitrogens with two attached hydrogens (primary N) is 1. The third-order valence-electron chi connectivity index (χ3n) is 3.62. The molecule has 24 heavy (non-hydrogen) atoms. The quantitative estimate of drug-likeness (QED) is 0.645. The summed E-state index contributed by atoms with van der Waals surface area (Å²) in [6.07, 6.45) is 1.06. The van der Waals surface area contributed by atoms with Crippen LogP contribution in [0.15, 0.2) is 54.6 Å². The van der Waals surface area contributed by atoms with Gasteiger partial charge in [0.05, 0.1) is 6.42 Å². The summed E-state index contributed by atoms with van der Waals surface area (Å²) in [5.41, 5.74) is 8.12. The number of carbonyl (C=O) groups is 2. The molecule has 0 unspecified atom stereocenters. The Balaban J connectivity index is 1.62. The van der Waals surface area contributed by atoms with Crippen LogP contribution in [0.5, 0.6) is 0 Å². The van der Waals surface area contributed by atoms with Crippen molar-refractivity contribution in [1.82, 2.24) is 10.6 Å². The van der Waals surface area contributed by atoms with E-state index in [0.717, 1.165) is 11.1 Å². The Bertz CT molecular complexity index is 654. The summed E-state index contributed by atoms with van der Waals surface area (Å²) < 4.78 is 0. The summed E-state index contributed by atoms with van der Waals surface area (Å²) in [5.74, 6) is -0.126. The van der Waals surface area contributed by atoms with Crippen molar-refractivity contribution < 1.29 is 9.59 Å². The molecule has 0 atom stereocenters. The molecule has 5 heteroatoms. The Hall–Kier alpha value is -2.66. The topological polar surface area (TPSA) is 84.2 Å². The van der Waals surface area contributed by atoms with Crippen molar-refractivity contribution in [3.8, 4) is 0 Å². The molecule has 5 nitrogen and oxygen atoms in total. The van der Waals surface area contributed by atoms with Crippen molar-refractivity contribution in [3.63, 3.8) is 0 Å². The molecule has 4 N–H and O–H groups in total. The second-order valence-electron chi connectivity index (χ2n) is 5.52. The van der Waals surface area contributed by atoms with Crippen molar-refractivity contribution in [1.29, 1.82) is 0 Å². The number of rotatable bonds is 8. The lowest BCUT2D eigenvalue weighted by atomic mass is 10.1. The van der Waals surface area contributed by atoms with E-state index >= 15 is 0 Å². The molecule has 0 aliphatic heterocycles. The van der Waals surface area contributed by atoms with Crippen LogP contribution in [0.2, 0.25) is 0 Å². The molecule has 0 saturated heterocycles. The SMILES string of the molecule is NCc1ccc(C(=O)NCCCNC(=O)Cc2ccccc2)cc1. The van der Waals surface area contributed by atoms with Crippen molar-refractivity contribution in [3.05, 3.63) is 71.3 Å². The zero-order chi connectivity index (χ0) is 17.2. The molecule has 0 aromatic heterocycles. The first kappa shape index (κ1) is 17.7.